The van der Waals surface area contributed by atoms with Gasteiger partial charge in [-0.15, -0.1) is 0 Å². The standard InChI is InChI=1S/C16H22N2O3/c1-11-4-3-5-13-15(20)14(10-21-16(11)13)18-8-6-17(7-9-18)12(2)19/h3-5,14-15,20H,6-10H2,1-2H3. The van der Waals surface area contributed by atoms with E-state index in [1.54, 1.807) is 6.92 Å². The number of hydrogen-bond donors (Lipinski definition) is 1. The summed E-state index contributed by atoms with van der Waals surface area (Å²) in [7, 11) is 0. The smallest absolute Gasteiger partial charge is 0.219 e. The normalized spacial score (nSPS) is 26.1. The number of nitrogens with zero attached hydrogens (tertiary/aromatic N) is 2. The van der Waals surface area contributed by atoms with Crippen LogP contribution in [0, 0.1) is 6.92 Å². The van der Waals surface area contributed by atoms with Crippen molar-refractivity contribution in [1.29, 1.82) is 0 Å². The van der Waals surface area contributed by atoms with Gasteiger partial charge in [-0.3, -0.25) is 9.69 Å². The van der Waals surface area contributed by atoms with Gasteiger partial charge in [-0.2, -0.15) is 0 Å². The first kappa shape index (κ1) is 14.4. The van der Waals surface area contributed by atoms with Crippen molar-refractivity contribution in [2.24, 2.45) is 0 Å². The van der Waals surface area contributed by atoms with Gasteiger partial charge in [0.25, 0.3) is 0 Å². The van der Waals surface area contributed by atoms with E-state index in [2.05, 4.69) is 4.90 Å². The zero-order valence-electron chi connectivity index (χ0n) is 12.6. The SMILES string of the molecule is CC(=O)N1CCN(C2COc3c(C)cccc3C2O)CC1. The quantitative estimate of drug-likeness (QED) is 0.837. The lowest BCUT2D eigenvalue weighted by Gasteiger charge is -2.42. The number of hydrogen-bond acceptors (Lipinski definition) is 4. The fourth-order valence-corrected chi connectivity index (χ4v) is 3.25. The van der Waals surface area contributed by atoms with Gasteiger partial charge in [-0.25, -0.2) is 0 Å². The van der Waals surface area contributed by atoms with Gasteiger partial charge < -0.3 is 14.7 Å². The maximum absolute atomic E-state index is 11.4. The molecule has 1 N–H and O–H groups in total. The molecular formula is C16H22N2O3. The molecule has 0 bridgehead atoms. The average Bonchev–Trinajstić information content (AvgIpc) is 2.49. The van der Waals surface area contributed by atoms with Crippen LogP contribution in [-0.2, 0) is 4.79 Å². The van der Waals surface area contributed by atoms with E-state index < -0.39 is 6.10 Å². The maximum Gasteiger partial charge on any atom is 0.219 e. The molecule has 2 aliphatic heterocycles. The van der Waals surface area contributed by atoms with Crippen LogP contribution in [-0.4, -0.2) is 59.6 Å². The molecule has 21 heavy (non-hydrogen) atoms. The number of aliphatic hydroxyl groups is 1. The molecule has 1 aromatic rings. The highest BCUT2D eigenvalue weighted by Gasteiger charge is 2.35. The number of benzene rings is 1. The Morgan fingerprint density at radius 2 is 2.00 bits per heavy atom. The number of carbonyl (C=O) groups excluding carboxylic acids is 1. The number of aliphatic hydroxyl groups excluding tert-OH is 1. The second kappa shape index (κ2) is 5.66. The topological polar surface area (TPSA) is 53.0 Å². The molecule has 2 aliphatic rings. The second-order valence-electron chi connectivity index (χ2n) is 5.86. The van der Waals surface area contributed by atoms with E-state index >= 15 is 0 Å². The van der Waals surface area contributed by atoms with Crippen molar-refractivity contribution in [3.63, 3.8) is 0 Å². The highest BCUT2D eigenvalue weighted by molar-refractivity contribution is 5.73. The van der Waals surface area contributed by atoms with E-state index in [4.69, 9.17) is 4.74 Å². The second-order valence-corrected chi connectivity index (χ2v) is 5.86. The Labute approximate surface area is 125 Å². The minimum Gasteiger partial charge on any atom is -0.491 e. The number of piperazine rings is 1. The maximum atomic E-state index is 11.4. The van der Waals surface area contributed by atoms with Crippen molar-refractivity contribution in [1.82, 2.24) is 9.80 Å². The Morgan fingerprint density at radius 1 is 1.29 bits per heavy atom. The molecule has 2 heterocycles. The van der Waals surface area contributed by atoms with Gasteiger partial charge in [0.05, 0.1) is 6.04 Å². The van der Waals surface area contributed by atoms with Crippen molar-refractivity contribution in [3.8, 4) is 5.75 Å². The third-order valence-electron chi connectivity index (χ3n) is 4.55. The zero-order chi connectivity index (χ0) is 15.0. The van der Waals surface area contributed by atoms with Crippen LogP contribution in [0.25, 0.3) is 0 Å². The van der Waals surface area contributed by atoms with Crippen molar-refractivity contribution in [3.05, 3.63) is 29.3 Å². The van der Waals surface area contributed by atoms with Gasteiger partial charge in [-0.05, 0) is 12.5 Å². The number of ether oxygens (including phenoxy) is 1. The Bertz CT molecular complexity index is 538. The fourth-order valence-electron chi connectivity index (χ4n) is 3.25. The highest BCUT2D eigenvalue weighted by atomic mass is 16.5. The molecule has 3 rings (SSSR count). The van der Waals surface area contributed by atoms with Gasteiger partial charge in [0.15, 0.2) is 0 Å². The van der Waals surface area contributed by atoms with E-state index in [-0.39, 0.29) is 11.9 Å². The first-order valence-electron chi connectivity index (χ1n) is 7.48. The fraction of sp³-hybridized carbons (Fsp3) is 0.562. The molecule has 0 saturated carbocycles. The molecule has 0 spiro atoms. The monoisotopic (exact) mass is 290 g/mol. The molecule has 1 saturated heterocycles. The van der Waals surface area contributed by atoms with Crippen LogP contribution in [0.5, 0.6) is 5.75 Å². The van der Waals surface area contributed by atoms with Crippen LogP contribution in [0.4, 0.5) is 0 Å². The van der Waals surface area contributed by atoms with Crippen molar-refractivity contribution in [2.75, 3.05) is 32.8 Å². The van der Waals surface area contributed by atoms with Gasteiger partial charge in [0.1, 0.15) is 18.5 Å². The summed E-state index contributed by atoms with van der Waals surface area (Å²) < 4.78 is 5.88. The molecule has 114 valence electrons. The summed E-state index contributed by atoms with van der Waals surface area (Å²) in [5.74, 6) is 0.944. The average molecular weight is 290 g/mol. The molecule has 5 nitrogen and oxygen atoms in total. The number of para-hydroxylation sites is 1. The summed E-state index contributed by atoms with van der Waals surface area (Å²) in [6, 6.07) is 5.85. The third-order valence-corrected chi connectivity index (χ3v) is 4.55. The van der Waals surface area contributed by atoms with E-state index in [1.807, 2.05) is 30.0 Å². The van der Waals surface area contributed by atoms with E-state index in [0.29, 0.717) is 6.61 Å². The number of rotatable bonds is 1. The Kier molecular flexibility index (Phi) is 3.87. The first-order valence-corrected chi connectivity index (χ1v) is 7.48. The van der Waals surface area contributed by atoms with E-state index in [9.17, 15) is 9.90 Å². The lowest BCUT2D eigenvalue weighted by Crippen LogP contribution is -2.55. The summed E-state index contributed by atoms with van der Waals surface area (Å²) in [4.78, 5) is 15.5. The lowest BCUT2D eigenvalue weighted by molar-refractivity contribution is -0.131. The summed E-state index contributed by atoms with van der Waals surface area (Å²) in [6.07, 6.45) is -0.530. The van der Waals surface area contributed by atoms with Crippen LogP contribution >= 0.6 is 0 Å². The Balaban J connectivity index is 1.73. The molecule has 1 fully saturated rings. The van der Waals surface area contributed by atoms with E-state index in [1.165, 1.54) is 0 Å². The van der Waals surface area contributed by atoms with Crippen molar-refractivity contribution < 1.29 is 14.6 Å². The van der Waals surface area contributed by atoms with Crippen molar-refractivity contribution >= 4 is 5.91 Å². The zero-order valence-corrected chi connectivity index (χ0v) is 12.6. The molecule has 5 heteroatoms. The van der Waals surface area contributed by atoms with Crippen LogP contribution in [0.15, 0.2) is 18.2 Å². The number of amides is 1. The number of fused-ring (bicyclic) bond motifs is 1. The lowest BCUT2D eigenvalue weighted by atomic mass is 9.95. The summed E-state index contributed by atoms with van der Waals surface area (Å²) in [6.45, 7) is 7.11. The van der Waals surface area contributed by atoms with Crippen LogP contribution in [0.3, 0.4) is 0 Å². The van der Waals surface area contributed by atoms with Crippen LogP contribution < -0.4 is 4.74 Å². The van der Waals surface area contributed by atoms with Crippen molar-refractivity contribution in [2.45, 2.75) is 26.0 Å². The Morgan fingerprint density at radius 3 is 2.67 bits per heavy atom. The molecule has 2 atom stereocenters. The van der Waals surface area contributed by atoms with Gasteiger partial charge in [-0.1, -0.05) is 18.2 Å². The molecule has 1 aromatic carbocycles. The largest absolute Gasteiger partial charge is 0.491 e. The van der Waals surface area contributed by atoms with Gasteiger partial charge in [0.2, 0.25) is 5.91 Å². The van der Waals surface area contributed by atoms with Crippen LogP contribution in [0.2, 0.25) is 0 Å². The van der Waals surface area contributed by atoms with Gasteiger partial charge >= 0.3 is 0 Å². The third kappa shape index (κ3) is 2.63. The first-order chi connectivity index (χ1) is 10.1. The predicted molar refractivity (Wildman–Crippen MR) is 79.2 cm³/mol. The van der Waals surface area contributed by atoms with E-state index in [0.717, 1.165) is 43.1 Å². The minimum absolute atomic E-state index is 0.0339. The number of carbonyl (C=O) groups is 1. The van der Waals surface area contributed by atoms with Crippen LogP contribution in [0.1, 0.15) is 24.2 Å². The molecular weight excluding hydrogens is 268 g/mol. The summed E-state index contributed by atoms with van der Waals surface area (Å²) in [5, 5.41) is 10.7. The molecule has 0 aliphatic carbocycles. The summed E-state index contributed by atoms with van der Waals surface area (Å²) >= 11 is 0. The minimum atomic E-state index is -0.530. The van der Waals surface area contributed by atoms with Gasteiger partial charge in [0, 0.05) is 38.7 Å². The Hall–Kier alpha value is -1.59. The number of aryl methyl sites for hydroxylation is 1. The molecule has 2 unspecified atom stereocenters. The molecule has 0 aromatic heterocycles. The molecule has 1 amide bonds. The summed E-state index contributed by atoms with van der Waals surface area (Å²) in [5.41, 5.74) is 1.94. The predicted octanol–water partition coefficient (Wildman–Crippen LogP) is 0.954. The highest BCUT2D eigenvalue weighted by Crippen LogP contribution is 2.36. The molecule has 0 radical (unpaired) electrons.